The minimum absolute atomic E-state index is 0.512. The molecule has 0 aliphatic rings. The molecule has 0 unspecified atom stereocenters. The van der Waals surface area contributed by atoms with Gasteiger partial charge in [0.25, 0.3) is 0 Å². The van der Waals surface area contributed by atoms with Gasteiger partial charge in [0.2, 0.25) is 0 Å². The molecule has 1 N–H and O–H groups in total. The Hall–Kier alpha value is -1.30. The van der Waals surface area contributed by atoms with Crippen LogP contribution in [0.25, 0.3) is 0 Å². The molecule has 0 aromatic heterocycles. The quantitative estimate of drug-likeness (QED) is 0.600. The molecule has 0 atom stereocenters. The third-order valence-electron chi connectivity index (χ3n) is 2.81. The summed E-state index contributed by atoms with van der Waals surface area (Å²) in [6.07, 6.45) is 0.902. The summed E-state index contributed by atoms with van der Waals surface area (Å²) < 4.78 is 21.8. The fourth-order valence-electron chi connectivity index (χ4n) is 1.87. The van der Waals surface area contributed by atoms with Gasteiger partial charge in [-0.15, -0.1) is 0 Å². The predicted octanol–water partition coefficient (Wildman–Crippen LogP) is 2.24. The maximum atomic E-state index is 5.73. The van der Waals surface area contributed by atoms with Gasteiger partial charge in [-0.3, -0.25) is 0 Å². The van der Waals surface area contributed by atoms with E-state index < -0.39 is 0 Å². The first-order chi connectivity index (χ1) is 10.3. The molecule has 1 aromatic rings. The van der Waals surface area contributed by atoms with E-state index >= 15 is 0 Å². The van der Waals surface area contributed by atoms with Crippen molar-refractivity contribution in [2.45, 2.75) is 19.9 Å². The first-order valence-electron chi connectivity index (χ1n) is 7.41. The second-order valence-corrected chi connectivity index (χ2v) is 4.55. The van der Waals surface area contributed by atoms with E-state index in [4.69, 9.17) is 18.9 Å². The minimum Gasteiger partial charge on any atom is -0.490 e. The molecule has 0 saturated carbocycles. The van der Waals surface area contributed by atoms with Crippen LogP contribution in [-0.4, -0.2) is 47.2 Å². The fourth-order valence-corrected chi connectivity index (χ4v) is 1.87. The van der Waals surface area contributed by atoms with Gasteiger partial charge >= 0.3 is 0 Å². The van der Waals surface area contributed by atoms with E-state index in [-0.39, 0.29) is 0 Å². The van der Waals surface area contributed by atoms with Crippen molar-refractivity contribution in [1.29, 1.82) is 0 Å². The lowest BCUT2D eigenvalue weighted by atomic mass is 10.2. The summed E-state index contributed by atoms with van der Waals surface area (Å²) in [5.41, 5.74) is 1.17. The molecule has 120 valence electrons. The highest BCUT2D eigenvalue weighted by molar-refractivity contribution is 5.43. The van der Waals surface area contributed by atoms with Crippen molar-refractivity contribution in [3.63, 3.8) is 0 Å². The summed E-state index contributed by atoms with van der Waals surface area (Å²) in [6.45, 7) is 5.88. The van der Waals surface area contributed by atoms with Crippen LogP contribution < -0.4 is 14.8 Å². The third kappa shape index (κ3) is 7.32. The molecule has 0 radical (unpaired) electrons. The number of benzene rings is 1. The fraction of sp³-hybridized carbons (Fsp3) is 0.625. The van der Waals surface area contributed by atoms with Crippen LogP contribution >= 0.6 is 0 Å². The largest absolute Gasteiger partial charge is 0.490 e. The van der Waals surface area contributed by atoms with E-state index in [1.165, 1.54) is 5.56 Å². The van der Waals surface area contributed by atoms with Gasteiger partial charge in [-0.25, -0.2) is 0 Å². The van der Waals surface area contributed by atoms with Gasteiger partial charge in [0, 0.05) is 26.9 Å². The first-order valence-corrected chi connectivity index (χ1v) is 7.41. The first kappa shape index (κ1) is 17.8. The van der Waals surface area contributed by atoms with Crippen molar-refractivity contribution in [2.24, 2.45) is 0 Å². The van der Waals surface area contributed by atoms with Gasteiger partial charge in [-0.2, -0.15) is 0 Å². The van der Waals surface area contributed by atoms with Crippen molar-refractivity contribution in [3.05, 3.63) is 23.8 Å². The summed E-state index contributed by atoms with van der Waals surface area (Å²) in [4.78, 5) is 0. The molecule has 0 spiro atoms. The highest BCUT2D eigenvalue weighted by Crippen LogP contribution is 2.28. The highest BCUT2D eigenvalue weighted by atomic mass is 16.5. The predicted molar refractivity (Wildman–Crippen MR) is 83.2 cm³/mol. The monoisotopic (exact) mass is 297 g/mol. The molecule has 1 rings (SSSR count). The third-order valence-corrected chi connectivity index (χ3v) is 2.81. The number of ether oxygens (including phenoxy) is 4. The number of methoxy groups -OCH3 is 1. The molecule has 0 aliphatic carbocycles. The van der Waals surface area contributed by atoms with Gasteiger partial charge in [0.05, 0.1) is 13.2 Å². The van der Waals surface area contributed by atoms with Crippen molar-refractivity contribution < 1.29 is 18.9 Å². The Morgan fingerprint density at radius 2 is 1.86 bits per heavy atom. The maximum absolute atomic E-state index is 5.73. The number of hydrogen-bond donors (Lipinski definition) is 1. The average Bonchev–Trinajstić information content (AvgIpc) is 2.49. The number of nitrogens with one attached hydrogen (secondary N) is 1. The summed E-state index contributed by atoms with van der Waals surface area (Å²) in [5, 5.41) is 3.12. The van der Waals surface area contributed by atoms with Crippen molar-refractivity contribution >= 4 is 0 Å². The Morgan fingerprint density at radius 3 is 2.57 bits per heavy atom. The molecular formula is C16H27NO4. The number of rotatable bonds is 12. The lowest BCUT2D eigenvalue weighted by Crippen LogP contribution is -2.10. The van der Waals surface area contributed by atoms with E-state index in [0.717, 1.165) is 31.1 Å². The Kier molecular flexibility index (Phi) is 9.61. The maximum Gasteiger partial charge on any atom is 0.161 e. The molecule has 0 aliphatic heterocycles. The smallest absolute Gasteiger partial charge is 0.161 e. The average molecular weight is 297 g/mol. The van der Waals surface area contributed by atoms with Gasteiger partial charge in [0.15, 0.2) is 11.5 Å². The van der Waals surface area contributed by atoms with Crippen molar-refractivity contribution in [1.82, 2.24) is 5.32 Å². The lowest BCUT2D eigenvalue weighted by Gasteiger charge is -2.13. The van der Waals surface area contributed by atoms with Gasteiger partial charge < -0.3 is 24.3 Å². The molecule has 1 aromatic carbocycles. The highest BCUT2D eigenvalue weighted by Gasteiger charge is 2.06. The second-order valence-electron chi connectivity index (χ2n) is 4.55. The Bertz CT molecular complexity index is 385. The van der Waals surface area contributed by atoms with E-state index in [1.54, 1.807) is 7.11 Å². The molecule has 5 nitrogen and oxygen atoms in total. The van der Waals surface area contributed by atoms with Gasteiger partial charge in [-0.1, -0.05) is 6.07 Å². The Labute approximate surface area is 127 Å². The molecular weight excluding hydrogens is 270 g/mol. The van der Waals surface area contributed by atoms with Crippen LogP contribution in [-0.2, 0) is 16.0 Å². The van der Waals surface area contributed by atoms with E-state index in [1.807, 2.05) is 32.2 Å². The number of hydrogen-bond acceptors (Lipinski definition) is 5. The lowest BCUT2D eigenvalue weighted by molar-refractivity contribution is 0.0798. The van der Waals surface area contributed by atoms with Gasteiger partial charge in [0.1, 0.15) is 6.61 Å². The Morgan fingerprint density at radius 1 is 1.00 bits per heavy atom. The zero-order valence-corrected chi connectivity index (χ0v) is 13.3. The molecule has 0 saturated heterocycles. The van der Waals surface area contributed by atoms with Crippen LogP contribution in [0, 0.1) is 0 Å². The second kappa shape index (κ2) is 11.4. The minimum atomic E-state index is 0.512. The summed E-state index contributed by atoms with van der Waals surface area (Å²) >= 11 is 0. The van der Waals surface area contributed by atoms with Crippen LogP contribution in [0.5, 0.6) is 11.5 Å². The standard InChI is InChI=1S/C16H27NO4/c1-4-20-16-12-14(13-17-2)6-7-15(16)21-11-10-19-9-5-8-18-3/h6-7,12,17H,4-5,8-11,13H2,1-3H3. The van der Waals surface area contributed by atoms with Crippen LogP contribution in [0.4, 0.5) is 0 Å². The van der Waals surface area contributed by atoms with E-state index in [9.17, 15) is 0 Å². The molecule has 21 heavy (non-hydrogen) atoms. The van der Waals surface area contributed by atoms with Crippen LogP contribution in [0.15, 0.2) is 18.2 Å². The zero-order chi connectivity index (χ0) is 15.3. The SMILES string of the molecule is CCOc1cc(CNC)ccc1OCCOCCCOC. The van der Waals surface area contributed by atoms with Crippen LogP contribution in [0.1, 0.15) is 18.9 Å². The summed E-state index contributed by atoms with van der Waals surface area (Å²) in [5.74, 6) is 1.54. The Balaban J connectivity index is 2.38. The molecule has 0 heterocycles. The molecule has 0 bridgehead atoms. The zero-order valence-electron chi connectivity index (χ0n) is 13.3. The molecule has 0 amide bonds. The molecule has 5 heteroatoms. The normalized spacial score (nSPS) is 10.6. The van der Waals surface area contributed by atoms with Crippen molar-refractivity contribution in [2.75, 3.05) is 47.2 Å². The topological polar surface area (TPSA) is 49.0 Å². The van der Waals surface area contributed by atoms with Crippen LogP contribution in [0.3, 0.4) is 0 Å². The van der Waals surface area contributed by atoms with Crippen LogP contribution in [0.2, 0.25) is 0 Å². The van der Waals surface area contributed by atoms with E-state index in [2.05, 4.69) is 5.32 Å². The van der Waals surface area contributed by atoms with E-state index in [0.29, 0.717) is 26.4 Å². The van der Waals surface area contributed by atoms with Gasteiger partial charge in [-0.05, 0) is 38.1 Å². The summed E-state index contributed by atoms with van der Waals surface area (Å²) in [7, 11) is 3.61. The van der Waals surface area contributed by atoms with Crippen molar-refractivity contribution in [3.8, 4) is 11.5 Å². The molecule has 0 fully saturated rings. The summed E-state index contributed by atoms with van der Waals surface area (Å²) in [6, 6.07) is 5.99.